The summed E-state index contributed by atoms with van der Waals surface area (Å²) in [6.45, 7) is 1.50. The first-order chi connectivity index (χ1) is 7.69. The van der Waals surface area contributed by atoms with Crippen LogP contribution in [-0.2, 0) is 20.1 Å². The van der Waals surface area contributed by atoms with E-state index in [9.17, 15) is 4.79 Å². The SMILES string of the molecule is CC(=O)C1(c2ccccc2)OCC(CO)O1. The predicted octanol–water partition coefficient (Wildman–Crippen LogP) is 0.836. The van der Waals surface area contributed by atoms with Gasteiger partial charge in [-0.25, -0.2) is 0 Å². The highest BCUT2D eigenvalue weighted by Crippen LogP contribution is 2.34. The molecule has 0 bridgehead atoms. The van der Waals surface area contributed by atoms with E-state index in [0.717, 1.165) is 0 Å². The van der Waals surface area contributed by atoms with Gasteiger partial charge in [0, 0.05) is 12.5 Å². The molecule has 1 N–H and O–H groups in total. The second-order valence-corrected chi connectivity index (χ2v) is 3.77. The number of hydrogen-bond acceptors (Lipinski definition) is 4. The fourth-order valence-electron chi connectivity index (χ4n) is 1.80. The molecule has 16 heavy (non-hydrogen) atoms. The number of carbonyl (C=O) groups excluding carboxylic acids is 1. The molecule has 1 aliphatic rings. The molecule has 1 aromatic carbocycles. The number of aliphatic hydroxyl groups excluding tert-OH is 1. The quantitative estimate of drug-likeness (QED) is 0.823. The topological polar surface area (TPSA) is 55.8 Å². The van der Waals surface area contributed by atoms with E-state index in [1.165, 1.54) is 6.92 Å². The summed E-state index contributed by atoms with van der Waals surface area (Å²) in [7, 11) is 0. The normalized spacial score (nSPS) is 29.2. The lowest BCUT2D eigenvalue weighted by Gasteiger charge is -2.25. The van der Waals surface area contributed by atoms with Gasteiger partial charge in [0.05, 0.1) is 13.2 Å². The van der Waals surface area contributed by atoms with Crippen molar-refractivity contribution < 1.29 is 19.4 Å². The van der Waals surface area contributed by atoms with E-state index in [2.05, 4.69) is 0 Å². The van der Waals surface area contributed by atoms with Crippen LogP contribution >= 0.6 is 0 Å². The average molecular weight is 222 g/mol. The molecule has 0 spiro atoms. The molecule has 2 unspecified atom stereocenters. The zero-order valence-electron chi connectivity index (χ0n) is 9.05. The van der Waals surface area contributed by atoms with Crippen molar-refractivity contribution in [1.82, 2.24) is 0 Å². The molecule has 0 aromatic heterocycles. The summed E-state index contributed by atoms with van der Waals surface area (Å²) >= 11 is 0. The lowest BCUT2D eigenvalue weighted by atomic mass is 10.0. The Hall–Kier alpha value is -1.23. The van der Waals surface area contributed by atoms with Gasteiger partial charge in [-0.05, 0) is 0 Å². The molecule has 0 amide bonds. The summed E-state index contributed by atoms with van der Waals surface area (Å²) in [6.07, 6.45) is -0.441. The van der Waals surface area contributed by atoms with Gasteiger partial charge in [-0.15, -0.1) is 0 Å². The Morgan fingerprint density at radius 1 is 1.50 bits per heavy atom. The van der Waals surface area contributed by atoms with Crippen molar-refractivity contribution in [3.63, 3.8) is 0 Å². The van der Waals surface area contributed by atoms with E-state index in [1.54, 1.807) is 12.1 Å². The fraction of sp³-hybridized carbons (Fsp3) is 0.417. The van der Waals surface area contributed by atoms with E-state index in [1.807, 2.05) is 18.2 Å². The van der Waals surface area contributed by atoms with Crippen LogP contribution in [0.5, 0.6) is 0 Å². The molecule has 4 heteroatoms. The minimum absolute atomic E-state index is 0.151. The number of hydrogen-bond donors (Lipinski definition) is 1. The fourth-order valence-corrected chi connectivity index (χ4v) is 1.80. The molecule has 0 aliphatic carbocycles. The second-order valence-electron chi connectivity index (χ2n) is 3.77. The minimum Gasteiger partial charge on any atom is -0.394 e. The molecule has 2 rings (SSSR count). The van der Waals surface area contributed by atoms with Crippen LogP contribution in [0.2, 0.25) is 0 Å². The summed E-state index contributed by atoms with van der Waals surface area (Å²) in [6, 6.07) is 9.05. The Kier molecular flexibility index (Phi) is 3.05. The van der Waals surface area contributed by atoms with Crippen molar-refractivity contribution in [1.29, 1.82) is 0 Å². The van der Waals surface area contributed by atoms with E-state index in [0.29, 0.717) is 5.56 Å². The van der Waals surface area contributed by atoms with Crippen LogP contribution < -0.4 is 0 Å². The van der Waals surface area contributed by atoms with Crippen molar-refractivity contribution in [3.05, 3.63) is 35.9 Å². The van der Waals surface area contributed by atoms with Gasteiger partial charge in [0.1, 0.15) is 6.10 Å². The van der Waals surface area contributed by atoms with Crippen LogP contribution in [0.4, 0.5) is 0 Å². The molecule has 0 radical (unpaired) electrons. The van der Waals surface area contributed by atoms with Crippen molar-refractivity contribution in [2.75, 3.05) is 13.2 Å². The molecule has 1 saturated heterocycles. The van der Waals surface area contributed by atoms with Crippen LogP contribution in [0.25, 0.3) is 0 Å². The summed E-state index contributed by atoms with van der Waals surface area (Å²) in [5.74, 6) is -1.55. The monoisotopic (exact) mass is 222 g/mol. The summed E-state index contributed by atoms with van der Waals surface area (Å²) in [4.78, 5) is 11.7. The lowest BCUT2D eigenvalue weighted by Crippen LogP contribution is -2.36. The number of rotatable bonds is 3. The van der Waals surface area contributed by atoms with Crippen LogP contribution in [0.1, 0.15) is 12.5 Å². The highest BCUT2D eigenvalue weighted by atomic mass is 16.8. The third-order valence-corrected chi connectivity index (χ3v) is 2.63. The lowest BCUT2D eigenvalue weighted by molar-refractivity contribution is -0.189. The Morgan fingerprint density at radius 2 is 2.19 bits per heavy atom. The van der Waals surface area contributed by atoms with Gasteiger partial charge >= 0.3 is 0 Å². The van der Waals surface area contributed by atoms with Gasteiger partial charge in [-0.3, -0.25) is 4.79 Å². The number of aliphatic hydroxyl groups is 1. The Balaban J connectivity index is 2.35. The Morgan fingerprint density at radius 3 is 2.69 bits per heavy atom. The van der Waals surface area contributed by atoms with Crippen molar-refractivity contribution in [2.45, 2.75) is 18.8 Å². The van der Waals surface area contributed by atoms with Gasteiger partial charge in [0.2, 0.25) is 0 Å². The maximum atomic E-state index is 11.7. The highest BCUT2D eigenvalue weighted by Gasteiger charge is 2.47. The number of ketones is 1. The Labute approximate surface area is 93.8 Å². The first kappa shape index (κ1) is 11.3. The minimum atomic E-state index is -1.34. The highest BCUT2D eigenvalue weighted by molar-refractivity contribution is 5.85. The summed E-state index contributed by atoms with van der Waals surface area (Å²) < 4.78 is 11.0. The van der Waals surface area contributed by atoms with Gasteiger partial charge in [-0.1, -0.05) is 30.3 Å². The average Bonchev–Trinajstić information content (AvgIpc) is 2.75. The maximum Gasteiger partial charge on any atom is 0.256 e. The summed E-state index contributed by atoms with van der Waals surface area (Å²) in [5.41, 5.74) is 0.665. The van der Waals surface area contributed by atoms with E-state index in [4.69, 9.17) is 14.6 Å². The number of Topliss-reactive ketones (excluding diaryl/α,β-unsaturated/α-hetero) is 1. The van der Waals surface area contributed by atoms with E-state index >= 15 is 0 Å². The van der Waals surface area contributed by atoms with Crippen LogP contribution in [0.3, 0.4) is 0 Å². The van der Waals surface area contributed by atoms with Gasteiger partial charge in [0.15, 0.2) is 5.78 Å². The predicted molar refractivity (Wildman–Crippen MR) is 56.7 cm³/mol. The number of carbonyl (C=O) groups is 1. The molecule has 1 fully saturated rings. The number of benzene rings is 1. The molecule has 2 atom stereocenters. The maximum absolute atomic E-state index is 11.7. The Bertz CT molecular complexity index is 376. The van der Waals surface area contributed by atoms with Crippen LogP contribution in [0, 0.1) is 0 Å². The van der Waals surface area contributed by atoms with Crippen molar-refractivity contribution in [3.8, 4) is 0 Å². The zero-order valence-corrected chi connectivity index (χ0v) is 9.05. The van der Waals surface area contributed by atoms with Gasteiger partial charge in [0.25, 0.3) is 5.79 Å². The standard InChI is InChI=1S/C12H14O4/c1-9(14)12(10-5-3-2-4-6-10)15-8-11(7-13)16-12/h2-6,11,13H,7-8H2,1H3. The molecule has 0 saturated carbocycles. The second kappa shape index (κ2) is 4.33. The van der Waals surface area contributed by atoms with E-state index < -0.39 is 11.9 Å². The first-order valence-electron chi connectivity index (χ1n) is 5.18. The third-order valence-electron chi connectivity index (χ3n) is 2.63. The van der Waals surface area contributed by atoms with E-state index in [-0.39, 0.29) is 19.0 Å². The molecular weight excluding hydrogens is 208 g/mol. The molecule has 1 aromatic rings. The zero-order chi connectivity index (χ0) is 11.6. The van der Waals surface area contributed by atoms with Crippen LogP contribution in [-0.4, -0.2) is 30.2 Å². The molecule has 4 nitrogen and oxygen atoms in total. The largest absolute Gasteiger partial charge is 0.394 e. The summed E-state index contributed by atoms with van der Waals surface area (Å²) in [5, 5.41) is 9.01. The molecule has 1 aliphatic heterocycles. The molecule has 1 heterocycles. The molecular formula is C12H14O4. The van der Waals surface area contributed by atoms with Crippen LogP contribution in [0.15, 0.2) is 30.3 Å². The van der Waals surface area contributed by atoms with Crippen molar-refractivity contribution >= 4 is 5.78 Å². The van der Waals surface area contributed by atoms with Gasteiger partial charge in [-0.2, -0.15) is 0 Å². The number of ether oxygens (including phenoxy) is 2. The van der Waals surface area contributed by atoms with Crippen molar-refractivity contribution in [2.24, 2.45) is 0 Å². The third kappa shape index (κ3) is 1.75. The molecule has 86 valence electrons. The first-order valence-corrected chi connectivity index (χ1v) is 5.18. The van der Waals surface area contributed by atoms with Gasteiger partial charge < -0.3 is 14.6 Å². The smallest absolute Gasteiger partial charge is 0.256 e.